The number of rotatable bonds is 4. The van der Waals surface area contributed by atoms with Crippen molar-refractivity contribution in [1.29, 1.82) is 0 Å². The maximum Gasteiger partial charge on any atom is 0.233 e. The van der Waals surface area contributed by atoms with Gasteiger partial charge in [-0.2, -0.15) is 0 Å². The summed E-state index contributed by atoms with van der Waals surface area (Å²) in [5, 5.41) is 4.07. The summed E-state index contributed by atoms with van der Waals surface area (Å²) in [5.41, 5.74) is 1.69. The SMILES string of the molecule is Cc1cc(CN2CCN(C(=O)C3(c4cccnc4)CCCC3)CC2)no1. The summed E-state index contributed by atoms with van der Waals surface area (Å²) in [6, 6.07) is 5.99. The van der Waals surface area contributed by atoms with E-state index in [1.165, 1.54) is 0 Å². The Bertz CT molecular complexity index is 744. The van der Waals surface area contributed by atoms with Crippen LogP contribution in [0.2, 0.25) is 0 Å². The first kappa shape index (κ1) is 17.2. The molecule has 6 nitrogen and oxygen atoms in total. The topological polar surface area (TPSA) is 62.5 Å². The summed E-state index contributed by atoms with van der Waals surface area (Å²) in [5.74, 6) is 1.13. The zero-order valence-corrected chi connectivity index (χ0v) is 15.4. The molecule has 0 atom stereocenters. The van der Waals surface area contributed by atoms with Gasteiger partial charge in [-0.3, -0.25) is 14.7 Å². The molecule has 0 aromatic carbocycles. The fraction of sp³-hybridized carbons (Fsp3) is 0.550. The van der Waals surface area contributed by atoms with Crippen molar-refractivity contribution >= 4 is 5.91 Å². The van der Waals surface area contributed by atoms with E-state index in [1.54, 1.807) is 6.20 Å². The number of carbonyl (C=O) groups excluding carboxylic acids is 1. The normalized spacial score (nSPS) is 20.4. The molecule has 0 radical (unpaired) electrons. The van der Waals surface area contributed by atoms with Gasteiger partial charge in [0.15, 0.2) is 0 Å². The maximum atomic E-state index is 13.4. The Morgan fingerprint density at radius 3 is 2.62 bits per heavy atom. The molecular formula is C20H26N4O2. The summed E-state index contributed by atoms with van der Waals surface area (Å²) < 4.78 is 5.15. The van der Waals surface area contributed by atoms with Crippen LogP contribution in [0, 0.1) is 6.92 Å². The molecule has 2 aliphatic rings. The number of hydrogen-bond acceptors (Lipinski definition) is 5. The molecule has 2 aromatic heterocycles. The lowest BCUT2D eigenvalue weighted by atomic mass is 9.78. The van der Waals surface area contributed by atoms with Crippen molar-refractivity contribution in [2.24, 2.45) is 0 Å². The highest BCUT2D eigenvalue weighted by atomic mass is 16.5. The van der Waals surface area contributed by atoms with E-state index < -0.39 is 0 Å². The number of amides is 1. The third kappa shape index (κ3) is 3.26. The molecule has 1 aliphatic heterocycles. The molecule has 4 rings (SSSR count). The molecule has 2 fully saturated rings. The monoisotopic (exact) mass is 354 g/mol. The van der Waals surface area contributed by atoms with Crippen molar-refractivity contribution in [2.75, 3.05) is 26.2 Å². The highest BCUT2D eigenvalue weighted by Crippen LogP contribution is 2.42. The van der Waals surface area contributed by atoms with Gasteiger partial charge in [0.05, 0.1) is 11.1 Å². The Hall–Kier alpha value is -2.21. The van der Waals surface area contributed by atoms with E-state index in [0.717, 1.165) is 75.4 Å². The summed E-state index contributed by atoms with van der Waals surface area (Å²) >= 11 is 0. The predicted octanol–water partition coefficient (Wildman–Crippen LogP) is 2.53. The van der Waals surface area contributed by atoms with Crippen molar-refractivity contribution in [3.05, 3.63) is 47.6 Å². The molecule has 3 heterocycles. The van der Waals surface area contributed by atoms with Crippen LogP contribution in [0.5, 0.6) is 0 Å². The maximum absolute atomic E-state index is 13.4. The molecule has 0 unspecified atom stereocenters. The van der Waals surface area contributed by atoms with Crippen LogP contribution < -0.4 is 0 Å². The Morgan fingerprint density at radius 2 is 2.00 bits per heavy atom. The first-order valence-electron chi connectivity index (χ1n) is 9.52. The van der Waals surface area contributed by atoms with E-state index >= 15 is 0 Å². The molecular weight excluding hydrogens is 328 g/mol. The molecule has 1 amide bonds. The summed E-state index contributed by atoms with van der Waals surface area (Å²) in [7, 11) is 0. The number of aromatic nitrogens is 2. The van der Waals surface area contributed by atoms with Crippen LogP contribution in [-0.4, -0.2) is 52.0 Å². The summed E-state index contributed by atoms with van der Waals surface area (Å²) in [6.07, 6.45) is 7.78. The van der Waals surface area contributed by atoms with Gasteiger partial charge in [0.2, 0.25) is 5.91 Å². The van der Waals surface area contributed by atoms with E-state index in [1.807, 2.05) is 25.3 Å². The van der Waals surface area contributed by atoms with E-state index in [-0.39, 0.29) is 5.41 Å². The van der Waals surface area contributed by atoms with E-state index in [9.17, 15) is 4.79 Å². The van der Waals surface area contributed by atoms with Crippen LogP contribution in [0.25, 0.3) is 0 Å². The summed E-state index contributed by atoms with van der Waals surface area (Å²) in [6.45, 7) is 6.00. The van der Waals surface area contributed by atoms with Gasteiger partial charge in [-0.15, -0.1) is 0 Å². The zero-order valence-electron chi connectivity index (χ0n) is 15.4. The van der Waals surface area contributed by atoms with E-state index in [4.69, 9.17) is 4.52 Å². The predicted molar refractivity (Wildman–Crippen MR) is 97.5 cm³/mol. The molecule has 0 spiro atoms. The number of carbonyl (C=O) groups is 1. The first-order valence-corrected chi connectivity index (χ1v) is 9.52. The quantitative estimate of drug-likeness (QED) is 0.844. The van der Waals surface area contributed by atoms with E-state index in [2.05, 4.69) is 26.0 Å². The van der Waals surface area contributed by atoms with Gasteiger partial charge in [-0.25, -0.2) is 0 Å². The van der Waals surface area contributed by atoms with Gasteiger partial charge in [0.1, 0.15) is 5.76 Å². The largest absolute Gasteiger partial charge is 0.361 e. The van der Waals surface area contributed by atoms with Gasteiger partial charge in [-0.1, -0.05) is 24.1 Å². The molecule has 2 aromatic rings. The molecule has 1 aliphatic carbocycles. The molecule has 1 saturated carbocycles. The lowest BCUT2D eigenvalue weighted by molar-refractivity contribution is -0.139. The summed E-state index contributed by atoms with van der Waals surface area (Å²) in [4.78, 5) is 22.1. The van der Waals surface area contributed by atoms with Crippen LogP contribution in [0.4, 0.5) is 0 Å². The van der Waals surface area contributed by atoms with E-state index in [0.29, 0.717) is 5.91 Å². The minimum Gasteiger partial charge on any atom is -0.361 e. The van der Waals surface area contributed by atoms with Gasteiger partial charge in [-0.05, 0) is 31.4 Å². The Labute approximate surface area is 154 Å². The average Bonchev–Trinajstić information content (AvgIpc) is 3.33. The van der Waals surface area contributed by atoms with Crippen LogP contribution >= 0.6 is 0 Å². The second-order valence-corrected chi connectivity index (χ2v) is 7.53. The zero-order chi connectivity index (χ0) is 18.0. The third-order valence-corrected chi connectivity index (χ3v) is 5.80. The second kappa shape index (κ2) is 7.19. The Kier molecular flexibility index (Phi) is 4.76. The molecule has 1 saturated heterocycles. The first-order chi connectivity index (χ1) is 12.7. The van der Waals surface area contributed by atoms with Gasteiger partial charge in [0.25, 0.3) is 0 Å². The van der Waals surface area contributed by atoms with Gasteiger partial charge < -0.3 is 9.42 Å². The average molecular weight is 354 g/mol. The van der Waals surface area contributed by atoms with Crippen LogP contribution in [0.3, 0.4) is 0 Å². The standard InChI is InChI=1S/C20H26N4O2/c1-16-13-18(22-26-16)15-23-9-11-24(12-10-23)19(25)20(6-2-3-7-20)17-5-4-8-21-14-17/h4-5,8,13-14H,2-3,6-7,9-12,15H2,1H3. The Balaban J connectivity index is 1.42. The number of piperazine rings is 1. The van der Waals surface area contributed by atoms with Gasteiger partial charge in [0, 0.05) is 51.2 Å². The van der Waals surface area contributed by atoms with Crippen molar-refractivity contribution in [3.63, 3.8) is 0 Å². The van der Waals surface area contributed by atoms with Crippen molar-refractivity contribution in [3.8, 4) is 0 Å². The molecule has 26 heavy (non-hydrogen) atoms. The minimum absolute atomic E-state index is 0.292. The lowest BCUT2D eigenvalue weighted by Crippen LogP contribution is -2.53. The van der Waals surface area contributed by atoms with Crippen LogP contribution in [0.15, 0.2) is 35.1 Å². The molecule has 0 N–H and O–H groups in total. The van der Waals surface area contributed by atoms with Crippen molar-refractivity contribution in [1.82, 2.24) is 19.9 Å². The number of aryl methyl sites for hydroxylation is 1. The van der Waals surface area contributed by atoms with Crippen molar-refractivity contribution < 1.29 is 9.32 Å². The molecule has 0 bridgehead atoms. The fourth-order valence-corrected chi connectivity index (χ4v) is 4.38. The number of hydrogen-bond donors (Lipinski definition) is 0. The van der Waals surface area contributed by atoms with Crippen LogP contribution in [0.1, 0.15) is 42.7 Å². The third-order valence-electron chi connectivity index (χ3n) is 5.80. The smallest absolute Gasteiger partial charge is 0.233 e. The highest BCUT2D eigenvalue weighted by molar-refractivity contribution is 5.88. The number of nitrogens with zero attached hydrogens (tertiary/aromatic N) is 4. The van der Waals surface area contributed by atoms with Crippen LogP contribution in [-0.2, 0) is 16.8 Å². The fourth-order valence-electron chi connectivity index (χ4n) is 4.38. The van der Waals surface area contributed by atoms with Crippen molar-refractivity contribution in [2.45, 2.75) is 44.6 Å². The second-order valence-electron chi connectivity index (χ2n) is 7.53. The number of pyridine rings is 1. The highest BCUT2D eigenvalue weighted by Gasteiger charge is 2.45. The lowest BCUT2D eigenvalue weighted by Gasteiger charge is -2.39. The minimum atomic E-state index is -0.361. The molecule has 138 valence electrons. The molecule has 6 heteroatoms. The Morgan fingerprint density at radius 1 is 1.23 bits per heavy atom. The van der Waals surface area contributed by atoms with Gasteiger partial charge >= 0.3 is 0 Å².